The number of nitrogens with zero attached hydrogens (tertiary/aromatic N) is 3. The van der Waals surface area contributed by atoms with Gasteiger partial charge in [-0.1, -0.05) is 0 Å². The fourth-order valence-electron chi connectivity index (χ4n) is 1.04. The molecule has 2 rings (SSSR count). The molecule has 0 bridgehead atoms. The van der Waals surface area contributed by atoms with Gasteiger partial charge in [0.2, 0.25) is 0 Å². The summed E-state index contributed by atoms with van der Waals surface area (Å²) in [5.41, 5.74) is 11.1. The Kier molecular flexibility index (Phi) is 3.25. The quantitative estimate of drug-likeness (QED) is 0.823. The van der Waals surface area contributed by atoms with Crippen molar-refractivity contribution in [2.24, 2.45) is 0 Å². The van der Waals surface area contributed by atoms with Gasteiger partial charge in [0.05, 0.1) is 4.47 Å². The molecule has 2 aromatic rings. The summed E-state index contributed by atoms with van der Waals surface area (Å²) in [5, 5.41) is 1.25. The number of hydrogen-bond acceptors (Lipinski definition) is 6. The van der Waals surface area contributed by atoms with Crippen molar-refractivity contribution in [1.82, 2.24) is 15.0 Å². The maximum Gasteiger partial charge on any atom is 0.197 e. The minimum atomic E-state index is 0.349. The molecular formula is C9H8BrN5S. The highest BCUT2D eigenvalue weighted by molar-refractivity contribution is 9.10. The van der Waals surface area contributed by atoms with E-state index in [0.717, 1.165) is 9.50 Å². The number of anilines is 2. The second kappa shape index (κ2) is 4.67. The van der Waals surface area contributed by atoms with Gasteiger partial charge in [0.15, 0.2) is 5.16 Å². The van der Waals surface area contributed by atoms with E-state index in [-0.39, 0.29) is 0 Å². The summed E-state index contributed by atoms with van der Waals surface area (Å²) >= 11 is 4.69. The van der Waals surface area contributed by atoms with Crippen molar-refractivity contribution in [3.05, 3.63) is 28.9 Å². The number of pyridine rings is 1. The van der Waals surface area contributed by atoms with Gasteiger partial charge in [-0.3, -0.25) is 0 Å². The predicted molar refractivity (Wildman–Crippen MR) is 66.9 cm³/mol. The molecule has 0 saturated heterocycles. The number of rotatable bonds is 2. The number of nitrogen functional groups attached to an aromatic ring is 2. The fraction of sp³-hybridized carbons (Fsp3) is 0. The lowest BCUT2D eigenvalue weighted by atomic mass is 10.5. The Morgan fingerprint density at radius 1 is 1.19 bits per heavy atom. The van der Waals surface area contributed by atoms with E-state index in [4.69, 9.17) is 11.5 Å². The first-order valence-corrected chi connectivity index (χ1v) is 5.94. The largest absolute Gasteiger partial charge is 0.383 e. The molecule has 16 heavy (non-hydrogen) atoms. The number of halogens is 1. The molecule has 0 aliphatic heterocycles. The van der Waals surface area contributed by atoms with Gasteiger partial charge in [-0.15, -0.1) is 0 Å². The second-order valence-corrected chi connectivity index (χ2v) is 4.70. The predicted octanol–water partition coefficient (Wildman–Crippen LogP) is 1.95. The monoisotopic (exact) mass is 297 g/mol. The molecule has 4 N–H and O–H groups in total. The van der Waals surface area contributed by atoms with E-state index in [9.17, 15) is 0 Å². The van der Waals surface area contributed by atoms with Crippen LogP contribution in [0.2, 0.25) is 0 Å². The Balaban J connectivity index is 2.30. The van der Waals surface area contributed by atoms with Crippen LogP contribution < -0.4 is 11.5 Å². The van der Waals surface area contributed by atoms with Crippen molar-refractivity contribution in [1.29, 1.82) is 0 Å². The van der Waals surface area contributed by atoms with Crippen molar-refractivity contribution in [2.75, 3.05) is 11.5 Å². The van der Waals surface area contributed by atoms with E-state index in [1.807, 2.05) is 12.1 Å². The first-order valence-electron chi connectivity index (χ1n) is 4.33. The summed E-state index contributed by atoms with van der Waals surface area (Å²) in [5.74, 6) is 0.698. The van der Waals surface area contributed by atoms with Gasteiger partial charge < -0.3 is 11.5 Å². The zero-order chi connectivity index (χ0) is 11.5. The highest BCUT2D eigenvalue weighted by Gasteiger charge is 2.07. The smallest absolute Gasteiger partial charge is 0.197 e. The summed E-state index contributed by atoms with van der Waals surface area (Å²) in [6, 6.07) is 5.24. The molecule has 82 valence electrons. The van der Waals surface area contributed by atoms with Crippen molar-refractivity contribution in [2.45, 2.75) is 10.2 Å². The average Bonchev–Trinajstić information content (AvgIpc) is 2.20. The number of nitrogens with two attached hydrogens (primary N) is 2. The van der Waals surface area contributed by atoms with Crippen molar-refractivity contribution in [3.8, 4) is 0 Å². The highest BCUT2D eigenvalue weighted by Crippen LogP contribution is 2.29. The molecule has 2 aromatic heterocycles. The molecule has 7 heteroatoms. The van der Waals surface area contributed by atoms with Gasteiger partial charge in [-0.25, -0.2) is 15.0 Å². The minimum absolute atomic E-state index is 0.349. The molecule has 0 spiro atoms. The van der Waals surface area contributed by atoms with Crippen molar-refractivity contribution in [3.63, 3.8) is 0 Å². The van der Waals surface area contributed by atoms with E-state index in [1.165, 1.54) is 17.8 Å². The Bertz CT molecular complexity index is 499. The molecule has 0 fully saturated rings. The van der Waals surface area contributed by atoms with Crippen LogP contribution in [0.3, 0.4) is 0 Å². The SMILES string of the molecule is Nc1cc(N)nc(Sc2ncccc2Br)n1. The average molecular weight is 298 g/mol. The van der Waals surface area contributed by atoms with E-state index in [2.05, 4.69) is 30.9 Å². The molecule has 0 amide bonds. The van der Waals surface area contributed by atoms with Crippen LogP contribution in [0.1, 0.15) is 0 Å². The van der Waals surface area contributed by atoms with E-state index in [0.29, 0.717) is 16.8 Å². The fourth-order valence-corrected chi connectivity index (χ4v) is 2.29. The standard InChI is InChI=1S/C9H8BrN5S/c10-5-2-1-3-13-8(5)16-9-14-6(11)4-7(12)15-9/h1-4H,(H4,11,12,14,15). The summed E-state index contributed by atoms with van der Waals surface area (Å²) in [4.78, 5) is 12.3. The molecule has 0 aliphatic rings. The molecule has 2 heterocycles. The van der Waals surface area contributed by atoms with E-state index < -0.39 is 0 Å². The van der Waals surface area contributed by atoms with Crippen LogP contribution in [0.15, 0.2) is 39.1 Å². The molecule has 0 aliphatic carbocycles. The Morgan fingerprint density at radius 2 is 1.88 bits per heavy atom. The zero-order valence-electron chi connectivity index (χ0n) is 8.09. The zero-order valence-corrected chi connectivity index (χ0v) is 10.5. The molecule has 0 saturated carbocycles. The third kappa shape index (κ3) is 2.61. The van der Waals surface area contributed by atoms with E-state index in [1.54, 1.807) is 6.20 Å². The van der Waals surface area contributed by atoms with Gasteiger partial charge in [0.25, 0.3) is 0 Å². The second-order valence-electron chi connectivity index (χ2n) is 2.89. The van der Waals surface area contributed by atoms with Crippen LogP contribution in [0.4, 0.5) is 11.6 Å². The summed E-state index contributed by atoms with van der Waals surface area (Å²) in [7, 11) is 0. The Morgan fingerprint density at radius 3 is 2.50 bits per heavy atom. The van der Waals surface area contributed by atoms with Crippen LogP contribution in [0.5, 0.6) is 0 Å². The minimum Gasteiger partial charge on any atom is -0.383 e. The summed E-state index contributed by atoms with van der Waals surface area (Å²) < 4.78 is 0.879. The maximum atomic E-state index is 5.57. The van der Waals surface area contributed by atoms with Crippen molar-refractivity contribution >= 4 is 39.3 Å². The molecule has 5 nitrogen and oxygen atoms in total. The van der Waals surface area contributed by atoms with Gasteiger partial charge in [0, 0.05) is 12.3 Å². The third-order valence-electron chi connectivity index (χ3n) is 1.66. The summed E-state index contributed by atoms with van der Waals surface area (Å²) in [6.07, 6.45) is 1.70. The maximum absolute atomic E-state index is 5.57. The lowest BCUT2D eigenvalue weighted by molar-refractivity contribution is 0.974. The van der Waals surface area contributed by atoms with Gasteiger partial charge >= 0.3 is 0 Å². The summed E-state index contributed by atoms with van der Waals surface area (Å²) in [6.45, 7) is 0. The molecule has 0 atom stereocenters. The van der Waals surface area contributed by atoms with Crippen LogP contribution in [-0.2, 0) is 0 Å². The van der Waals surface area contributed by atoms with Crippen molar-refractivity contribution < 1.29 is 0 Å². The normalized spacial score (nSPS) is 10.3. The van der Waals surface area contributed by atoms with Gasteiger partial charge in [-0.05, 0) is 39.8 Å². The van der Waals surface area contributed by atoms with Crippen LogP contribution in [0.25, 0.3) is 0 Å². The van der Waals surface area contributed by atoms with Crippen LogP contribution in [-0.4, -0.2) is 15.0 Å². The highest BCUT2D eigenvalue weighted by atomic mass is 79.9. The van der Waals surface area contributed by atoms with Gasteiger partial charge in [-0.2, -0.15) is 0 Å². The van der Waals surface area contributed by atoms with E-state index >= 15 is 0 Å². The lowest BCUT2D eigenvalue weighted by Crippen LogP contribution is -1.99. The number of aromatic nitrogens is 3. The Labute approximate surface area is 105 Å². The topological polar surface area (TPSA) is 90.7 Å². The molecule has 0 unspecified atom stereocenters. The third-order valence-corrected chi connectivity index (χ3v) is 3.44. The first-order chi connectivity index (χ1) is 7.65. The Hall–Kier alpha value is -1.34. The molecule has 0 radical (unpaired) electrons. The molecular weight excluding hydrogens is 290 g/mol. The van der Waals surface area contributed by atoms with Gasteiger partial charge in [0.1, 0.15) is 16.7 Å². The van der Waals surface area contributed by atoms with Crippen LogP contribution in [0, 0.1) is 0 Å². The first kappa shape index (κ1) is 11.2. The number of hydrogen-bond donors (Lipinski definition) is 2. The molecule has 0 aromatic carbocycles. The lowest BCUT2D eigenvalue weighted by Gasteiger charge is -2.03. The van der Waals surface area contributed by atoms with Crippen LogP contribution >= 0.6 is 27.7 Å².